The van der Waals surface area contributed by atoms with Crippen LogP contribution in [0.3, 0.4) is 0 Å². The average molecular weight is 338 g/mol. The van der Waals surface area contributed by atoms with Gasteiger partial charge in [0.15, 0.2) is 0 Å². The van der Waals surface area contributed by atoms with E-state index in [2.05, 4.69) is 25.6 Å². The largest absolute Gasteiger partial charge is 0.494 e. The van der Waals surface area contributed by atoms with Gasteiger partial charge >= 0.3 is 5.91 Å². The summed E-state index contributed by atoms with van der Waals surface area (Å²) in [5, 5.41) is 8.08. The van der Waals surface area contributed by atoms with Crippen molar-refractivity contribution < 1.29 is 9.53 Å². The van der Waals surface area contributed by atoms with E-state index < -0.39 is 5.91 Å². The van der Waals surface area contributed by atoms with Crippen molar-refractivity contribution >= 4 is 17.9 Å². The van der Waals surface area contributed by atoms with Gasteiger partial charge in [-0.25, -0.2) is 14.9 Å². The van der Waals surface area contributed by atoms with Gasteiger partial charge < -0.3 is 4.74 Å². The van der Waals surface area contributed by atoms with Gasteiger partial charge in [-0.3, -0.25) is 4.79 Å². The minimum Gasteiger partial charge on any atom is -0.494 e. The predicted octanol–water partition coefficient (Wildman–Crippen LogP) is 1.90. The minimum absolute atomic E-state index is 0.0186. The fourth-order valence-electron chi connectivity index (χ4n) is 2.29. The molecule has 0 aliphatic heterocycles. The Bertz CT molecular complexity index is 930. The molecule has 3 aromatic rings. The first kappa shape index (κ1) is 16.6. The Morgan fingerprint density at radius 2 is 2.04 bits per heavy atom. The van der Waals surface area contributed by atoms with E-state index in [9.17, 15) is 4.79 Å². The van der Waals surface area contributed by atoms with Crippen LogP contribution in [-0.2, 0) is 0 Å². The maximum absolute atomic E-state index is 12.1. The normalized spacial score (nSPS) is 11.2. The number of nitrogens with one attached hydrogen (secondary N) is 1. The molecule has 0 aliphatic carbocycles. The molecule has 0 fully saturated rings. The van der Waals surface area contributed by atoms with E-state index in [4.69, 9.17) is 4.74 Å². The van der Waals surface area contributed by atoms with Gasteiger partial charge in [-0.1, -0.05) is 0 Å². The molecule has 8 heteroatoms. The zero-order valence-electron chi connectivity index (χ0n) is 14.2. The van der Waals surface area contributed by atoms with E-state index in [1.807, 2.05) is 51.1 Å². The lowest BCUT2D eigenvalue weighted by atomic mass is 10.2. The van der Waals surface area contributed by atoms with Crippen LogP contribution < -0.4 is 10.2 Å². The maximum atomic E-state index is 12.1. The molecule has 0 spiro atoms. The van der Waals surface area contributed by atoms with Crippen LogP contribution in [0.25, 0.3) is 5.78 Å². The number of carbonyl (C=O) groups excluding carboxylic acids is 1. The van der Waals surface area contributed by atoms with Crippen molar-refractivity contribution in [2.75, 3.05) is 6.61 Å². The van der Waals surface area contributed by atoms with Crippen molar-refractivity contribution in [3.63, 3.8) is 0 Å². The molecule has 128 valence electrons. The number of amides is 1. The number of ether oxygens (including phenoxy) is 1. The van der Waals surface area contributed by atoms with Crippen molar-refractivity contribution in [3.05, 3.63) is 53.1 Å². The van der Waals surface area contributed by atoms with Crippen molar-refractivity contribution in [2.45, 2.75) is 20.8 Å². The Hall–Kier alpha value is -3.29. The number of nitrogens with zero attached hydrogens (tertiary/aromatic N) is 5. The molecule has 1 N–H and O–H groups in total. The van der Waals surface area contributed by atoms with Gasteiger partial charge in [-0.2, -0.15) is 10.1 Å². The molecule has 8 nitrogen and oxygen atoms in total. The molecule has 25 heavy (non-hydrogen) atoms. The zero-order valence-corrected chi connectivity index (χ0v) is 14.2. The summed E-state index contributed by atoms with van der Waals surface area (Å²) in [5.41, 5.74) is 4.92. The first-order chi connectivity index (χ1) is 12.1. The van der Waals surface area contributed by atoms with Gasteiger partial charge in [-0.15, -0.1) is 5.10 Å². The number of hydrogen-bond donors (Lipinski definition) is 1. The molecule has 1 aromatic carbocycles. The van der Waals surface area contributed by atoms with Crippen LogP contribution in [0.4, 0.5) is 0 Å². The third-order valence-corrected chi connectivity index (χ3v) is 3.39. The number of aryl methyl sites for hydroxylation is 2. The molecule has 0 aliphatic rings. The minimum atomic E-state index is -0.496. The number of benzene rings is 1. The highest BCUT2D eigenvalue weighted by molar-refractivity contribution is 5.91. The summed E-state index contributed by atoms with van der Waals surface area (Å²) in [4.78, 5) is 20.5. The lowest BCUT2D eigenvalue weighted by Gasteiger charge is -2.01. The second-order valence-electron chi connectivity index (χ2n) is 5.39. The summed E-state index contributed by atoms with van der Waals surface area (Å²) >= 11 is 0. The third kappa shape index (κ3) is 3.79. The Morgan fingerprint density at radius 3 is 2.76 bits per heavy atom. The number of carbonyl (C=O) groups is 1. The van der Waals surface area contributed by atoms with E-state index >= 15 is 0 Å². The van der Waals surface area contributed by atoms with Gasteiger partial charge in [0.25, 0.3) is 5.78 Å². The van der Waals surface area contributed by atoms with Crippen molar-refractivity contribution in [2.24, 2.45) is 5.10 Å². The molecule has 0 saturated heterocycles. The highest BCUT2D eigenvalue weighted by atomic mass is 16.5. The van der Waals surface area contributed by atoms with Crippen LogP contribution >= 0.6 is 0 Å². The molecular formula is C17H18N6O2. The third-order valence-electron chi connectivity index (χ3n) is 3.39. The van der Waals surface area contributed by atoms with E-state index in [0.29, 0.717) is 12.4 Å². The Morgan fingerprint density at radius 1 is 1.28 bits per heavy atom. The fraction of sp³-hybridized carbons (Fsp3) is 0.235. The summed E-state index contributed by atoms with van der Waals surface area (Å²) in [5.74, 6) is 0.698. The van der Waals surface area contributed by atoms with Crippen molar-refractivity contribution in [1.29, 1.82) is 0 Å². The van der Waals surface area contributed by atoms with Crippen LogP contribution in [0.5, 0.6) is 5.75 Å². The van der Waals surface area contributed by atoms with Crippen LogP contribution in [0.15, 0.2) is 35.4 Å². The smallest absolute Gasteiger partial charge is 0.311 e. The highest BCUT2D eigenvalue weighted by Crippen LogP contribution is 2.10. The fourth-order valence-corrected chi connectivity index (χ4v) is 2.29. The summed E-state index contributed by atoms with van der Waals surface area (Å²) in [7, 11) is 0. The van der Waals surface area contributed by atoms with E-state index in [0.717, 1.165) is 22.7 Å². The topological polar surface area (TPSA) is 93.8 Å². The molecule has 0 radical (unpaired) electrons. The first-order valence-electron chi connectivity index (χ1n) is 7.84. The summed E-state index contributed by atoms with van der Waals surface area (Å²) in [6.45, 7) is 6.28. The van der Waals surface area contributed by atoms with Crippen LogP contribution in [-0.4, -0.2) is 38.3 Å². The van der Waals surface area contributed by atoms with Crippen LogP contribution in [0.1, 0.15) is 34.5 Å². The molecule has 0 bridgehead atoms. The molecule has 0 atom stereocenters. The Balaban J connectivity index is 1.69. The monoisotopic (exact) mass is 338 g/mol. The summed E-state index contributed by atoms with van der Waals surface area (Å²) in [6, 6.07) is 9.24. The molecular weight excluding hydrogens is 320 g/mol. The lowest BCUT2D eigenvalue weighted by Crippen LogP contribution is -2.19. The number of hydrogen-bond acceptors (Lipinski definition) is 6. The average Bonchev–Trinajstić information content (AvgIpc) is 3.01. The molecule has 0 unspecified atom stereocenters. The second-order valence-corrected chi connectivity index (χ2v) is 5.39. The first-order valence-corrected chi connectivity index (χ1v) is 7.84. The van der Waals surface area contributed by atoms with Gasteiger partial charge in [0.1, 0.15) is 5.75 Å². The van der Waals surface area contributed by atoms with Gasteiger partial charge in [0.05, 0.1) is 12.8 Å². The predicted molar refractivity (Wildman–Crippen MR) is 92.9 cm³/mol. The number of fused-ring (bicyclic) bond motifs is 1. The maximum Gasteiger partial charge on any atom is 0.311 e. The van der Waals surface area contributed by atoms with E-state index in [-0.39, 0.29) is 5.82 Å². The Kier molecular flexibility index (Phi) is 4.69. The van der Waals surface area contributed by atoms with E-state index in [1.165, 1.54) is 10.7 Å². The van der Waals surface area contributed by atoms with Crippen molar-refractivity contribution in [1.82, 2.24) is 25.0 Å². The Labute approximate surface area is 144 Å². The lowest BCUT2D eigenvalue weighted by molar-refractivity contribution is 0.0945. The number of hydrazone groups is 1. The molecule has 2 heterocycles. The molecule has 3 rings (SSSR count). The van der Waals surface area contributed by atoms with Gasteiger partial charge in [0, 0.05) is 11.4 Å². The highest BCUT2D eigenvalue weighted by Gasteiger charge is 2.14. The van der Waals surface area contributed by atoms with Gasteiger partial charge in [-0.05, 0) is 56.7 Å². The zero-order chi connectivity index (χ0) is 17.8. The SMILES string of the molecule is CCOc1ccc(/C=N\NC(=O)c2nc3nc(C)cc(C)n3n2)cc1. The van der Waals surface area contributed by atoms with E-state index in [1.54, 1.807) is 0 Å². The summed E-state index contributed by atoms with van der Waals surface area (Å²) < 4.78 is 6.90. The molecule has 2 aromatic heterocycles. The van der Waals surface area contributed by atoms with Gasteiger partial charge in [0.2, 0.25) is 5.82 Å². The summed E-state index contributed by atoms with van der Waals surface area (Å²) in [6.07, 6.45) is 1.54. The second kappa shape index (κ2) is 7.08. The standard InChI is InChI=1S/C17H18N6O2/c1-4-25-14-7-5-13(6-8-14)10-18-21-16(24)15-20-17-19-11(2)9-12(3)23(17)22-15/h5-10H,4H2,1-3H3,(H,21,24)/b18-10-. The number of aromatic nitrogens is 4. The molecule has 0 saturated carbocycles. The van der Waals surface area contributed by atoms with Crippen LogP contribution in [0, 0.1) is 13.8 Å². The number of rotatable bonds is 5. The van der Waals surface area contributed by atoms with Crippen molar-refractivity contribution in [3.8, 4) is 5.75 Å². The quantitative estimate of drug-likeness (QED) is 0.566. The molecule has 1 amide bonds. The van der Waals surface area contributed by atoms with Crippen LogP contribution in [0.2, 0.25) is 0 Å².